The maximum atomic E-state index is 11.3. The molecule has 0 aromatic rings. The molecule has 1 fully saturated rings. The molecule has 23 heavy (non-hydrogen) atoms. The Kier molecular flexibility index (Phi) is 8.28. The van der Waals surface area contributed by atoms with Gasteiger partial charge in [-0.05, 0) is 34.4 Å². The molecule has 0 saturated carbocycles. The number of likely N-dealkylation sites (N-methyl/N-ethyl adjacent to an activating group) is 2. The molecule has 0 aromatic heterocycles. The van der Waals surface area contributed by atoms with Crippen LogP contribution in [0.5, 0.6) is 0 Å². The van der Waals surface area contributed by atoms with Gasteiger partial charge in [0.15, 0.2) is 5.96 Å². The second-order valence-corrected chi connectivity index (χ2v) is 8.84. The van der Waals surface area contributed by atoms with Gasteiger partial charge < -0.3 is 15.5 Å². The van der Waals surface area contributed by atoms with Crippen LogP contribution in [-0.2, 0) is 9.84 Å². The van der Waals surface area contributed by atoms with E-state index in [2.05, 4.69) is 39.5 Å². The van der Waals surface area contributed by atoms with E-state index >= 15 is 0 Å². The molecule has 0 aliphatic carbocycles. The number of sulfone groups is 1. The molecule has 1 heterocycles. The zero-order valence-corrected chi connectivity index (χ0v) is 16.0. The third-order valence-corrected chi connectivity index (χ3v) is 5.07. The quantitative estimate of drug-likeness (QED) is 0.483. The van der Waals surface area contributed by atoms with Crippen LogP contribution in [0.25, 0.3) is 0 Å². The van der Waals surface area contributed by atoms with Gasteiger partial charge in [0.2, 0.25) is 0 Å². The fourth-order valence-corrected chi connectivity index (χ4v) is 3.29. The van der Waals surface area contributed by atoms with Crippen LogP contribution in [0, 0.1) is 0 Å². The number of hydrogen-bond donors (Lipinski definition) is 2. The summed E-state index contributed by atoms with van der Waals surface area (Å²) in [7, 11) is 1.36. The Morgan fingerprint density at radius 3 is 2.65 bits per heavy atom. The maximum Gasteiger partial charge on any atom is 0.191 e. The van der Waals surface area contributed by atoms with Gasteiger partial charge in [0, 0.05) is 44.5 Å². The topological polar surface area (TPSA) is 77.0 Å². The van der Waals surface area contributed by atoms with Gasteiger partial charge >= 0.3 is 0 Å². The Bertz CT molecular complexity index is 480. The van der Waals surface area contributed by atoms with Gasteiger partial charge in [0.25, 0.3) is 0 Å². The molecule has 1 aliphatic rings. The summed E-state index contributed by atoms with van der Waals surface area (Å²) in [5, 5.41) is 6.53. The van der Waals surface area contributed by atoms with E-state index in [0.717, 1.165) is 38.7 Å². The van der Waals surface area contributed by atoms with Crippen LogP contribution in [0.2, 0.25) is 0 Å². The van der Waals surface area contributed by atoms with Gasteiger partial charge in [-0.3, -0.25) is 9.89 Å². The van der Waals surface area contributed by atoms with Crippen LogP contribution in [0.4, 0.5) is 0 Å². The number of aliphatic imine (C=N–C) groups is 1. The monoisotopic (exact) mass is 347 g/mol. The van der Waals surface area contributed by atoms with Crippen LogP contribution in [0.15, 0.2) is 4.99 Å². The molecule has 2 atom stereocenters. The predicted octanol–water partition coefficient (Wildman–Crippen LogP) is -0.389. The Hall–Kier alpha value is -0.860. The second kappa shape index (κ2) is 9.44. The van der Waals surface area contributed by atoms with E-state index in [1.54, 1.807) is 0 Å². The van der Waals surface area contributed by atoms with Crippen LogP contribution in [0.3, 0.4) is 0 Å². The van der Waals surface area contributed by atoms with Crippen molar-refractivity contribution in [2.24, 2.45) is 4.99 Å². The minimum atomic E-state index is -2.92. The number of guanidine groups is 1. The van der Waals surface area contributed by atoms with Crippen molar-refractivity contribution in [2.75, 3.05) is 58.8 Å². The van der Waals surface area contributed by atoms with Crippen molar-refractivity contribution in [3.05, 3.63) is 0 Å². The lowest BCUT2D eigenvalue weighted by Crippen LogP contribution is -2.52. The normalized spacial score (nSPS) is 22.8. The number of nitrogens with one attached hydrogen (secondary N) is 2. The van der Waals surface area contributed by atoms with Gasteiger partial charge in [-0.2, -0.15) is 0 Å². The van der Waals surface area contributed by atoms with Crippen molar-refractivity contribution in [3.63, 3.8) is 0 Å². The molecule has 1 saturated heterocycles. The van der Waals surface area contributed by atoms with Gasteiger partial charge in [0.05, 0.1) is 12.3 Å². The molecule has 0 amide bonds. The molecule has 1 rings (SSSR count). The van der Waals surface area contributed by atoms with Crippen molar-refractivity contribution in [3.8, 4) is 0 Å². The first-order chi connectivity index (χ1) is 10.7. The van der Waals surface area contributed by atoms with E-state index < -0.39 is 9.84 Å². The first kappa shape index (κ1) is 20.2. The zero-order valence-electron chi connectivity index (χ0n) is 15.2. The summed E-state index contributed by atoms with van der Waals surface area (Å²) in [6.45, 7) is 8.70. The summed E-state index contributed by atoms with van der Waals surface area (Å²) in [6.07, 6.45) is 1.85. The van der Waals surface area contributed by atoms with Crippen LogP contribution in [-0.4, -0.2) is 95.1 Å². The molecule has 136 valence electrons. The number of rotatable bonds is 7. The Morgan fingerprint density at radius 2 is 2.04 bits per heavy atom. The summed E-state index contributed by atoms with van der Waals surface area (Å²) in [6, 6.07) is 0.477. The fraction of sp³-hybridized carbons (Fsp3) is 0.933. The zero-order chi connectivity index (χ0) is 17.5. The molecule has 2 unspecified atom stereocenters. The Labute approximate surface area is 141 Å². The lowest BCUT2D eigenvalue weighted by atomic mass is 10.2. The highest BCUT2D eigenvalue weighted by Crippen LogP contribution is 2.06. The standard InChI is InChI=1S/C15H33N5O2S/c1-6-16-15(18-13(2)7-10-23(5,21)22)17-11-14-12-19(3)8-9-20(14)4/h13-14H,6-12H2,1-5H3,(H2,16,17,18). The van der Waals surface area contributed by atoms with Crippen LogP contribution < -0.4 is 10.6 Å². The van der Waals surface area contributed by atoms with Gasteiger partial charge in [-0.25, -0.2) is 8.42 Å². The average molecular weight is 348 g/mol. The third kappa shape index (κ3) is 8.53. The van der Waals surface area contributed by atoms with Crippen molar-refractivity contribution in [1.29, 1.82) is 0 Å². The summed E-state index contributed by atoms with van der Waals surface area (Å²) >= 11 is 0. The maximum absolute atomic E-state index is 11.3. The Morgan fingerprint density at radius 1 is 1.35 bits per heavy atom. The van der Waals surface area contributed by atoms with E-state index in [1.165, 1.54) is 6.26 Å². The van der Waals surface area contributed by atoms with E-state index in [-0.39, 0.29) is 11.8 Å². The minimum Gasteiger partial charge on any atom is -0.357 e. The number of nitrogens with zero attached hydrogens (tertiary/aromatic N) is 3. The summed E-state index contributed by atoms with van der Waals surface area (Å²) in [5.41, 5.74) is 0. The SMILES string of the molecule is CCNC(=NCC1CN(C)CCN1C)NC(C)CCS(C)(=O)=O. The van der Waals surface area contributed by atoms with Crippen LogP contribution in [0.1, 0.15) is 20.3 Å². The van der Waals surface area contributed by atoms with E-state index in [9.17, 15) is 8.42 Å². The molecule has 2 N–H and O–H groups in total. The largest absolute Gasteiger partial charge is 0.357 e. The van der Waals surface area contributed by atoms with Crippen molar-refractivity contribution in [1.82, 2.24) is 20.4 Å². The summed E-state index contributed by atoms with van der Waals surface area (Å²) in [5.74, 6) is 0.951. The van der Waals surface area contributed by atoms with E-state index in [4.69, 9.17) is 0 Å². The highest BCUT2D eigenvalue weighted by molar-refractivity contribution is 7.90. The fourth-order valence-electron chi connectivity index (χ4n) is 2.51. The van der Waals surface area contributed by atoms with Gasteiger partial charge in [0.1, 0.15) is 9.84 Å². The van der Waals surface area contributed by atoms with Crippen LogP contribution >= 0.6 is 0 Å². The lowest BCUT2D eigenvalue weighted by molar-refractivity contribution is 0.119. The predicted molar refractivity (Wildman–Crippen MR) is 96.8 cm³/mol. The van der Waals surface area contributed by atoms with Crippen molar-refractivity contribution in [2.45, 2.75) is 32.4 Å². The smallest absolute Gasteiger partial charge is 0.191 e. The molecule has 7 nitrogen and oxygen atoms in total. The van der Waals surface area contributed by atoms with E-state index in [1.807, 2.05) is 13.8 Å². The Balaban J connectivity index is 2.55. The molecule has 0 spiro atoms. The van der Waals surface area contributed by atoms with E-state index in [0.29, 0.717) is 12.5 Å². The average Bonchev–Trinajstić information content (AvgIpc) is 2.45. The number of hydrogen-bond acceptors (Lipinski definition) is 5. The first-order valence-electron chi connectivity index (χ1n) is 8.32. The molecular formula is C15H33N5O2S. The van der Waals surface area contributed by atoms with Crippen molar-refractivity contribution >= 4 is 15.8 Å². The second-order valence-electron chi connectivity index (χ2n) is 6.58. The van der Waals surface area contributed by atoms with Gasteiger partial charge in [-0.1, -0.05) is 0 Å². The highest BCUT2D eigenvalue weighted by Gasteiger charge is 2.21. The molecule has 1 aliphatic heterocycles. The lowest BCUT2D eigenvalue weighted by Gasteiger charge is -2.37. The van der Waals surface area contributed by atoms with Gasteiger partial charge in [-0.15, -0.1) is 0 Å². The third-order valence-electron chi connectivity index (χ3n) is 4.09. The molecule has 0 aromatic carbocycles. The molecule has 8 heteroatoms. The summed E-state index contributed by atoms with van der Waals surface area (Å²) < 4.78 is 22.5. The number of piperazine rings is 1. The minimum absolute atomic E-state index is 0.0642. The highest BCUT2D eigenvalue weighted by atomic mass is 32.2. The molecular weight excluding hydrogens is 314 g/mol. The first-order valence-corrected chi connectivity index (χ1v) is 10.4. The van der Waals surface area contributed by atoms with Crippen molar-refractivity contribution < 1.29 is 8.42 Å². The summed E-state index contributed by atoms with van der Waals surface area (Å²) in [4.78, 5) is 9.36. The molecule has 0 bridgehead atoms. The molecule has 0 radical (unpaired) electrons.